The molecule has 3 heterocycles. The van der Waals surface area contributed by atoms with Gasteiger partial charge < -0.3 is 4.90 Å². The lowest BCUT2D eigenvalue weighted by atomic mass is 9.90. The summed E-state index contributed by atoms with van der Waals surface area (Å²) in [6.07, 6.45) is 6.09. The van der Waals surface area contributed by atoms with Crippen molar-refractivity contribution < 1.29 is 4.79 Å². The van der Waals surface area contributed by atoms with E-state index >= 15 is 0 Å². The van der Waals surface area contributed by atoms with Gasteiger partial charge in [-0.15, -0.1) is 0 Å². The molecule has 0 N–H and O–H groups in total. The largest absolute Gasteiger partial charge is 0.348 e. The maximum absolute atomic E-state index is 12.6. The van der Waals surface area contributed by atoms with Crippen molar-refractivity contribution in [2.24, 2.45) is 5.41 Å². The standard InChI is InChI=1S/C27H31N5O2/c1-18-13-19(23-9-11-28-32-17-21(14-24(23)32)25(33)30(5)6)7-8-20(18)16-31-12-10-22(29-26(31)34)15-27(2,3)4/h7-14,17H,15-16H2,1-6H3. The summed E-state index contributed by atoms with van der Waals surface area (Å²) in [5.74, 6) is -0.0597. The summed E-state index contributed by atoms with van der Waals surface area (Å²) in [4.78, 5) is 30.8. The van der Waals surface area contributed by atoms with Crippen LogP contribution in [0.5, 0.6) is 0 Å². The Labute approximate surface area is 199 Å². The molecule has 0 aliphatic carbocycles. The number of rotatable bonds is 5. The average Bonchev–Trinajstić information content (AvgIpc) is 3.19. The first-order chi connectivity index (χ1) is 16.0. The third-order valence-electron chi connectivity index (χ3n) is 5.80. The third-order valence-corrected chi connectivity index (χ3v) is 5.80. The van der Waals surface area contributed by atoms with Crippen molar-refractivity contribution in [1.29, 1.82) is 0 Å². The molecule has 7 heteroatoms. The van der Waals surface area contributed by atoms with Gasteiger partial charge >= 0.3 is 5.69 Å². The minimum Gasteiger partial charge on any atom is -0.345 e. The van der Waals surface area contributed by atoms with Gasteiger partial charge in [-0.3, -0.25) is 9.36 Å². The van der Waals surface area contributed by atoms with Crippen molar-refractivity contribution >= 4 is 11.4 Å². The van der Waals surface area contributed by atoms with Crippen LogP contribution < -0.4 is 5.69 Å². The molecule has 0 aliphatic rings. The number of aromatic nitrogens is 4. The molecular weight excluding hydrogens is 426 g/mol. The second-order valence-electron chi connectivity index (χ2n) is 10.2. The zero-order valence-electron chi connectivity index (χ0n) is 20.7. The van der Waals surface area contributed by atoms with E-state index in [1.807, 2.05) is 43.5 Å². The van der Waals surface area contributed by atoms with Crippen LogP contribution in [0.1, 0.15) is 48.0 Å². The highest BCUT2D eigenvalue weighted by Gasteiger charge is 2.15. The zero-order chi connectivity index (χ0) is 24.6. The summed E-state index contributed by atoms with van der Waals surface area (Å²) < 4.78 is 3.38. The van der Waals surface area contributed by atoms with Crippen molar-refractivity contribution in [2.45, 2.75) is 40.7 Å². The Balaban J connectivity index is 1.63. The molecule has 0 atom stereocenters. The summed E-state index contributed by atoms with van der Waals surface area (Å²) in [5.41, 5.74) is 6.30. The van der Waals surface area contributed by atoms with E-state index in [9.17, 15) is 9.59 Å². The van der Waals surface area contributed by atoms with Crippen LogP contribution in [0.2, 0.25) is 0 Å². The molecule has 0 fully saturated rings. The molecule has 4 rings (SSSR count). The van der Waals surface area contributed by atoms with Gasteiger partial charge in [0.1, 0.15) is 0 Å². The fourth-order valence-electron chi connectivity index (χ4n) is 4.08. The lowest BCUT2D eigenvalue weighted by Crippen LogP contribution is -2.25. The van der Waals surface area contributed by atoms with E-state index in [0.717, 1.165) is 39.9 Å². The predicted octanol–water partition coefficient (Wildman–Crippen LogP) is 4.21. The second-order valence-corrected chi connectivity index (χ2v) is 10.2. The lowest BCUT2D eigenvalue weighted by molar-refractivity contribution is 0.0827. The normalized spacial score (nSPS) is 11.7. The summed E-state index contributed by atoms with van der Waals surface area (Å²) in [6, 6.07) is 12.0. The number of benzene rings is 1. The minimum absolute atomic E-state index is 0.0597. The van der Waals surface area contributed by atoms with Gasteiger partial charge in [0.25, 0.3) is 5.91 Å². The average molecular weight is 458 g/mol. The van der Waals surface area contributed by atoms with E-state index < -0.39 is 0 Å². The van der Waals surface area contributed by atoms with Gasteiger partial charge in [0, 0.05) is 43.9 Å². The van der Waals surface area contributed by atoms with Crippen LogP contribution in [0.15, 0.2) is 59.8 Å². The smallest absolute Gasteiger partial charge is 0.345 e. The van der Waals surface area contributed by atoms with Crippen molar-refractivity contribution in [3.8, 4) is 11.1 Å². The number of carbonyl (C=O) groups is 1. The molecule has 1 amide bonds. The molecule has 1 aromatic carbocycles. The molecule has 0 unspecified atom stereocenters. The Kier molecular flexibility index (Phi) is 6.13. The Hall–Kier alpha value is -3.74. The number of aryl methyl sites for hydroxylation is 1. The number of fused-ring (bicyclic) bond motifs is 1. The highest BCUT2D eigenvalue weighted by atomic mass is 16.2. The topological polar surface area (TPSA) is 72.5 Å². The number of carbonyl (C=O) groups excluding carboxylic acids is 1. The van der Waals surface area contributed by atoms with Crippen LogP contribution in [0.25, 0.3) is 16.6 Å². The molecule has 4 aromatic rings. The first-order valence-corrected chi connectivity index (χ1v) is 11.4. The summed E-state index contributed by atoms with van der Waals surface area (Å²) in [5, 5.41) is 4.37. The van der Waals surface area contributed by atoms with E-state index in [1.165, 1.54) is 0 Å². The van der Waals surface area contributed by atoms with Crippen LogP contribution in [-0.2, 0) is 13.0 Å². The zero-order valence-corrected chi connectivity index (χ0v) is 20.7. The van der Waals surface area contributed by atoms with E-state index in [1.54, 1.807) is 40.5 Å². The van der Waals surface area contributed by atoms with Gasteiger partial charge in [-0.25, -0.2) is 9.31 Å². The van der Waals surface area contributed by atoms with Crippen LogP contribution in [-0.4, -0.2) is 44.1 Å². The maximum Gasteiger partial charge on any atom is 0.348 e. The molecular formula is C27H31N5O2. The van der Waals surface area contributed by atoms with Crippen LogP contribution in [0, 0.1) is 12.3 Å². The highest BCUT2D eigenvalue weighted by molar-refractivity contribution is 5.97. The van der Waals surface area contributed by atoms with Gasteiger partial charge in [-0.05, 0) is 53.6 Å². The summed E-state index contributed by atoms with van der Waals surface area (Å²) in [7, 11) is 3.47. The second kappa shape index (κ2) is 8.89. The summed E-state index contributed by atoms with van der Waals surface area (Å²) in [6.45, 7) is 8.92. The number of nitrogens with zero attached hydrogens (tertiary/aromatic N) is 5. The first kappa shape index (κ1) is 23.4. The number of hydrogen-bond acceptors (Lipinski definition) is 4. The van der Waals surface area contributed by atoms with Crippen LogP contribution >= 0.6 is 0 Å². The lowest BCUT2D eigenvalue weighted by Gasteiger charge is -2.17. The molecule has 7 nitrogen and oxygen atoms in total. The molecule has 3 aromatic heterocycles. The van der Waals surface area contributed by atoms with Gasteiger partial charge in [0.05, 0.1) is 17.6 Å². The molecule has 0 bridgehead atoms. The monoisotopic (exact) mass is 457 g/mol. The maximum atomic E-state index is 12.6. The molecule has 0 spiro atoms. The van der Waals surface area contributed by atoms with Crippen molar-refractivity contribution in [2.75, 3.05) is 14.1 Å². The molecule has 0 radical (unpaired) electrons. The minimum atomic E-state index is -0.229. The molecule has 0 aliphatic heterocycles. The van der Waals surface area contributed by atoms with E-state index in [0.29, 0.717) is 12.1 Å². The van der Waals surface area contributed by atoms with Crippen LogP contribution in [0.3, 0.4) is 0 Å². The van der Waals surface area contributed by atoms with Gasteiger partial charge in [-0.2, -0.15) is 10.1 Å². The van der Waals surface area contributed by atoms with Crippen molar-refractivity contribution in [3.63, 3.8) is 0 Å². The first-order valence-electron chi connectivity index (χ1n) is 11.4. The fourth-order valence-corrected chi connectivity index (χ4v) is 4.08. The van der Waals surface area contributed by atoms with E-state index in [-0.39, 0.29) is 17.0 Å². The van der Waals surface area contributed by atoms with Gasteiger partial charge in [0.2, 0.25) is 0 Å². The summed E-state index contributed by atoms with van der Waals surface area (Å²) >= 11 is 0. The quantitative estimate of drug-likeness (QED) is 0.450. The number of hydrogen-bond donors (Lipinski definition) is 0. The molecule has 34 heavy (non-hydrogen) atoms. The Morgan fingerprint density at radius 3 is 2.50 bits per heavy atom. The van der Waals surface area contributed by atoms with Crippen LogP contribution in [0.4, 0.5) is 0 Å². The third kappa shape index (κ3) is 4.93. The molecule has 0 saturated carbocycles. The Morgan fingerprint density at radius 1 is 1.09 bits per heavy atom. The molecule has 0 saturated heterocycles. The van der Waals surface area contributed by atoms with Crippen molar-refractivity contribution in [3.05, 3.63) is 87.9 Å². The number of amides is 1. The van der Waals surface area contributed by atoms with Gasteiger partial charge in [-0.1, -0.05) is 39.0 Å². The SMILES string of the molecule is Cc1cc(-c2ccnn3cc(C(=O)N(C)C)cc23)ccc1Cn1ccc(CC(C)(C)C)nc1=O. The van der Waals surface area contributed by atoms with E-state index in [4.69, 9.17) is 0 Å². The van der Waals surface area contributed by atoms with E-state index in [2.05, 4.69) is 36.9 Å². The molecule has 176 valence electrons. The highest BCUT2D eigenvalue weighted by Crippen LogP contribution is 2.28. The Morgan fingerprint density at radius 2 is 1.85 bits per heavy atom. The Bertz CT molecular complexity index is 1420. The van der Waals surface area contributed by atoms with Gasteiger partial charge in [0.15, 0.2) is 0 Å². The fraction of sp³-hybridized carbons (Fsp3) is 0.333. The predicted molar refractivity (Wildman–Crippen MR) is 134 cm³/mol. The van der Waals surface area contributed by atoms with Crippen molar-refractivity contribution in [1.82, 2.24) is 24.1 Å².